The van der Waals surface area contributed by atoms with Gasteiger partial charge >= 0.3 is 0 Å². The molecule has 2 aromatic carbocycles. The fourth-order valence-corrected chi connectivity index (χ4v) is 3.46. The Bertz CT molecular complexity index is 906. The number of carbonyl (C=O) groups excluding carboxylic acids is 1. The van der Waals surface area contributed by atoms with Crippen LogP contribution in [0.5, 0.6) is 0 Å². The second kappa shape index (κ2) is 9.41. The molecule has 0 bridgehead atoms. The van der Waals surface area contributed by atoms with E-state index in [-0.39, 0.29) is 5.91 Å². The molecule has 146 valence electrons. The van der Waals surface area contributed by atoms with E-state index in [4.69, 9.17) is 0 Å². The molecule has 0 aliphatic carbocycles. The first-order valence-electron chi connectivity index (χ1n) is 9.11. The van der Waals surface area contributed by atoms with Gasteiger partial charge in [0.15, 0.2) is 5.16 Å². The molecule has 0 aliphatic heterocycles. The Balaban J connectivity index is 1.48. The summed E-state index contributed by atoms with van der Waals surface area (Å²) in [4.78, 5) is 14.2. The lowest BCUT2D eigenvalue weighted by Crippen LogP contribution is -2.24. The third kappa shape index (κ3) is 5.36. The number of benzene rings is 2. The minimum atomic E-state index is -0.0192. The molecular formula is C21H25N5OS. The van der Waals surface area contributed by atoms with Gasteiger partial charge in [0.2, 0.25) is 5.91 Å². The molecule has 1 amide bonds. The van der Waals surface area contributed by atoms with E-state index in [9.17, 15) is 4.79 Å². The Morgan fingerprint density at radius 1 is 1.04 bits per heavy atom. The van der Waals surface area contributed by atoms with Gasteiger partial charge in [-0.25, -0.2) is 0 Å². The molecule has 0 saturated heterocycles. The van der Waals surface area contributed by atoms with E-state index in [0.29, 0.717) is 12.3 Å². The lowest BCUT2D eigenvalue weighted by Gasteiger charge is -2.12. The van der Waals surface area contributed by atoms with Crippen molar-refractivity contribution in [2.75, 3.05) is 24.7 Å². The van der Waals surface area contributed by atoms with Crippen LogP contribution in [-0.4, -0.2) is 40.5 Å². The van der Waals surface area contributed by atoms with Gasteiger partial charge in [-0.1, -0.05) is 54.2 Å². The summed E-state index contributed by atoms with van der Waals surface area (Å²) in [6.07, 6.45) is 0.722. The maximum atomic E-state index is 12.2. The lowest BCUT2D eigenvalue weighted by molar-refractivity contribution is -0.118. The third-order valence-corrected chi connectivity index (χ3v) is 5.43. The normalized spacial score (nSPS) is 10.7. The van der Waals surface area contributed by atoms with Gasteiger partial charge in [0, 0.05) is 39.8 Å². The highest BCUT2D eigenvalue weighted by Crippen LogP contribution is 2.17. The molecule has 0 atom stereocenters. The molecule has 0 fully saturated rings. The van der Waals surface area contributed by atoms with E-state index in [1.807, 2.05) is 73.1 Å². The smallest absolute Gasteiger partial charge is 0.230 e. The van der Waals surface area contributed by atoms with Crippen LogP contribution in [0.3, 0.4) is 0 Å². The molecule has 28 heavy (non-hydrogen) atoms. The number of thioether (sulfide) groups is 1. The van der Waals surface area contributed by atoms with E-state index in [1.165, 1.54) is 17.3 Å². The van der Waals surface area contributed by atoms with Crippen LogP contribution < -0.4 is 10.2 Å². The molecule has 6 nitrogen and oxygen atoms in total. The Morgan fingerprint density at radius 3 is 2.43 bits per heavy atom. The number of nitrogens with one attached hydrogen (secondary N) is 1. The predicted molar refractivity (Wildman–Crippen MR) is 114 cm³/mol. The van der Waals surface area contributed by atoms with Crippen molar-refractivity contribution in [1.29, 1.82) is 0 Å². The van der Waals surface area contributed by atoms with Crippen LogP contribution in [0.2, 0.25) is 0 Å². The summed E-state index contributed by atoms with van der Waals surface area (Å²) in [7, 11) is 5.95. The minimum Gasteiger partial charge on any atom is -0.378 e. The summed E-state index contributed by atoms with van der Waals surface area (Å²) < 4.78 is 1.95. The number of rotatable bonds is 8. The Hall–Kier alpha value is -2.80. The summed E-state index contributed by atoms with van der Waals surface area (Å²) >= 11 is 1.40. The standard InChI is InChI=1S/C21H25N5OS/c1-25(2)18-11-9-17(10-12-18)14-22-20(27)15-28-21-24-23-19(26(21)3)13-16-7-5-4-6-8-16/h4-12H,13-15H2,1-3H3,(H,22,27). The van der Waals surface area contributed by atoms with Crippen LogP contribution in [0.4, 0.5) is 5.69 Å². The maximum Gasteiger partial charge on any atom is 0.230 e. The molecule has 3 aromatic rings. The van der Waals surface area contributed by atoms with E-state index in [2.05, 4.69) is 27.6 Å². The van der Waals surface area contributed by atoms with Crippen molar-refractivity contribution in [3.8, 4) is 0 Å². The molecule has 1 heterocycles. The van der Waals surface area contributed by atoms with E-state index < -0.39 is 0 Å². The van der Waals surface area contributed by atoms with Crippen molar-refractivity contribution in [2.45, 2.75) is 18.1 Å². The topological polar surface area (TPSA) is 63.1 Å². The SMILES string of the molecule is CN(C)c1ccc(CNC(=O)CSc2nnc(Cc3ccccc3)n2C)cc1. The highest BCUT2D eigenvalue weighted by molar-refractivity contribution is 7.99. The van der Waals surface area contributed by atoms with Gasteiger partial charge in [-0.3, -0.25) is 4.79 Å². The highest BCUT2D eigenvalue weighted by Gasteiger charge is 2.12. The number of hydrogen-bond acceptors (Lipinski definition) is 5. The van der Waals surface area contributed by atoms with Crippen molar-refractivity contribution in [1.82, 2.24) is 20.1 Å². The van der Waals surface area contributed by atoms with Gasteiger partial charge in [0.05, 0.1) is 5.75 Å². The summed E-state index contributed by atoms with van der Waals surface area (Å²) in [6.45, 7) is 0.519. The number of anilines is 1. The van der Waals surface area contributed by atoms with Crippen molar-refractivity contribution in [2.24, 2.45) is 7.05 Å². The molecule has 3 rings (SSSR count). The second-order valence-corrected chi connectivity index (χ2v) is 7.69. The van der Waals surface area contributed by atoms with E-state index in [1.54, 1.807) is 0 Å². The van der Waals surface area contributed by atoms with Gasteiger partial charge in [0.1, 0.15) is 5.82 Å². The number of carbonyl (C=O) groups is 1. The average Bonchev–Trinajstić information content (AvgIpc) is 3.05. The van der Waals surface area contributed by atoms with Crippen molar-refractivity contribution in [3.63, 3.8) is 0 Å². The zero-order chi connectivity index (χ0) is 19.9. The van der Waals surface area contributed by atoms with Crippen LogP contribution in [0.1, 0.15) is 17.0 Å². The predicted octanol–water partition coefficient (Wildman–Crippen LogP) is 2.88. The molecule has 7 heteroatoms. The summed E-state index contributed by atoms with van der Waals surface area (Å²) in [5.74, 6) is 1.18. The average molecular weight is 396 g/mol. The zero-order valence-electron chi connectivity index (χ0n) is 16.4. The molecule has 0 radical (unpaired) electrons. The first kappa shape index (κ1) is 19.9. The summed E-state index contributed by atoms with van der Waals surface area (Å²) in [5.41, 5.74) is 3.40. The number of nitrogens with zero attached hydrogens (tertiary/aromatic N) is 4. The summed E-state index contributed by atoms with van der Waals surface area (Å²) in [5, 5.41) is 12.2. The van der Waals surface area contributed by atoms with Gasteiger partial charge in [-0.05, 0) is 23.3 Å². The summed E-state index contributed by atoms with van der Waals surface area (Å²) in [6, 6.07) is 18.3. The molecule has 1 aromatic heterocycles. The maximum absolute atomic E-state index is 12.2. The van der Waals surface area contributed by atoms with Crippen LogP contribution in [0, 0.1) is 0 Å². The van der Waals surface area contributed by atoms with Crippen LogP contribution in [0.15, 0.2) is 59.8 Å². The first-order chi connectivity index (χ1) is 13.5. The zero-order valence-corrected chi connectivity index (χ0v) is 17.2. The molecule has 0 unspecified atom stereocenters. The Morgan fingerprint density at radius 2 is 1.75 bits per heavy atom. The Labute approximate surface area is 170 Å². The molecule has 0 spiro atoms. The first-order valence-corrected chi connectivity index (χ1v) is 10.1. The Kier molecular flexibility index (Phi) is 6.71. The highest BCUT2D eigenvalue weighted by atomic mass is 32.2. The molecule has 0 aliphatic rings. The number of amides is 1. The molecule has 0 saturated carbocycles. The fraction of sp³-hybridized carbons (Fsp3) is 0.286. The largest absolute Gasteiger partial charge is 0.378 e. The van der Waals surface area contributed by atoms with E-state index in [0.717, 1.165) is 28.7 Å². The second-order valence-electron chi connectivity index (χ2n) is 6.75. The van der Waals surface area contributed by atoms with Crippen LogP contribution in [0.25, 0.3) is 0 Å². The molecule has 1 N–H and O–H groups in total. The minimum absolute atomic E-state index is 0.0192. The molecular weight excluding hydrogens is 370 g/mol. The number of hydrogen-bond donors (Lipinski definition) is 1. The van der Waals surface area contributed by atoms with Crippen molar-refractivity contribution >= 4 is 23.4 Å². The third-order valence-electron chi connectivity index (χ3n) is 4.40. The quantitative estimate of drug-likeness (QED) is 0.594. The van der Waals surface area contributed by atoms with E-state index >= 15 is 0 Å². The number of aromatic nitrogens is 3. The van der Waals surface area contributed by atoms with Crippen LogP contribution in [-0.2, 0) is 24.8 Å². The van der Waals surface area contributed by atoms with Crippen LogP contribution >= 0.6 is 11.8 Å². The fourth-order valence-electron chi connectivity index (χ4n) is 2.70. The van der Waals surface area contributed by atoms with Gasteiger partial charge < -0.3 is 14.8 Å². The van der Waals surface area contributed by atoms with Gasteiger partial charge in [0.25, 0.3) is 0 Å². The van der Waals surface area contributed by atoms with Crippen molar-refractivity contribution < 1.29 is 4.79 Å². The van der Waals surface area contributed by atoms with Gasteiger partial charge in [-0.15, -0.1) is 10.2 Å². The van der Waals surface area contributed by atoms with Gasteiger partial charge in [-0.2, -0.15) is 0 Å². The monoisotopic (exact) mass is 395 g/mol. The van der Waals surface area contributed by atoms with Crippen molar-refractivity contribution in [3.05, 3.63) is 71.5 Å². The lowest BCUT2D eigenvalue weighted by atomic mass is 10.1.